The number of ether oxygens (including phenoxy) is 2. The van der Waals surface area contributed by atoms with Gasteiger partial charge < -0.3 is 56.2 Å². The van der Waals surface area contributed by atoms with E-state index in [0.717, 1.165) is 27.1 Å². The summed E-state index contributed by atoms with van der Waals surface area (Å²) in [6.45, 7) is 28.1. The van der Waals surface area contributed by atoms with Gasteiger partial charge >= 0.3 is 11.9 Å². The molecular formula is C86H117N7O13Si. The maximum Gasteiger partial charge on any atom is 0.329 e. The number of rotatable bonds is 40. The minimum absolute atomic E-state index is 0.0126. The van der Waals surface area contributed by atoms with E-state index >= 15 is 19.2 Å². The largest absolute Gasteiger partial charge is 0.488 e. The van der Waals surface area contributed by atoms with Gasteiger partial charge in [-0.1, -0.05) is 253 Å². The van der Waals surface area contributed by atoms with Crippen LogP contribution < -0.4 is 47.4 Å². The van der Waals surface area contributed by atoms with Crippen LogP contribution in [0.2, 0.25) is 5.04 Å². The Morgan fingerprint density at radius 2 is 1.03 bits per heavy atom. The van der Waals surface area contributed by atoms with Gasteiger partial charge in [0.05, 0.1) is 6.04 Å². The number of ketones is 1. The average Bonchev–Trinajstić information content (AvgIpc) is 0.754. The van der Waals surface area contributed by atoms with Crippen molar-refractivity contribution >= 4 is 71.9 Å². The van der Waals surface area contributed by atoms with Gasteiger partial charge in [-0.3, -0.25) is 33.6 Å². The van der Waals surface area contributed by atoms with Crippen molar-refractivity contribution in [3.05, 3.63) is 198 Å². The van der Waals surface area contributed by atoms with Crippen LogP contribution in [0.5, 0.6) is 5.75 Å². The maximum atomic E-state index is 15.4. The van der Waals surface area contributed by atoms with Gasteiger partial charge in [0, 0.05) is 44.8 Å². The molecule has 20 nitrogen and oxygen atoms in total. The fourth-order valence-electron chi connectivity index (χ4n) is 13.4. The number of Topliss-reactive ketones (excluding diaryl/α,β-unsaturated/α-hetero) is 1. The van der Waals surface area contributed by atoms with E-state index in [4.69, 9.17) is 19.6 Å². The highest BCUT2D eigenvalue weighted by molar-refractivity contribution is 6.99. The number of aliphatic carboxylic acids is 1. The third-order valence-electron chi connectivity index (χ3n) is 20.0. The topological polar surface area (TPSA) is 291 Å². The molecule has 0 fully saturated rings. The van der Waals surface area contributed by atoms with Gasteiger partial charge in [0.15, 0.2) is 0 Å². The minimum atomic E-state index is -2.90. The molecule has 0 saturated carbocycles. The van der Waals surface area contributed by atoms with Crippen LogP contribution in [0.4, 0.5) is 0 Å². The van der Waals surface area contributed by atoms with Gasteiger partial charge in [0.2, 0.25) is 35.4 Å². The van der Waals surface area contributed by atoms with Gasteiger partial charge in [-0.25, -0.2) is 9.59 Å². The molecule has 6 amide bonds. The number of hydrogen-bond acceptors (Lipinski definition) is 13. The summed E-state index contributed by atoms with van der Waals surface area (Å²) in [4.78, 5) is 132. The second-order valence-corrected chi connectivity index (χ2v) is 35.5. The minimum Gasteiger partial charge on any atom is -0.488 e. The molecule has 0 heterocycles. The van der Waals surface area contributed by atoms with Crippen molar-refractivity contribution in [1.29, 1.82) is 0 Å². The fourth-order valence-corrected chi connectivity index (χ4v) is 18.0. The van der Waals surface area contributed by atoms with Crippen molar-refractivity contribution < 1.29 is 62.2 Å². The Kier molecular flexibility index (Phi) is 32.4. The van der Waals surface area contributed by atoms with Crippen LogP contribution in [0.1, 0.15) is 177 Å². The predicted octanol–water partition coefficient (Wildman–Crippen LogP) is 11.1. The number of amides is 6. The number of likely N-dealkylation sites (N-methyl/N-ethyl adjacent to an activating group) is 1. The molecule has 0 radical (unpaired) electrons. The second-order valence-electron chi connectivity index (χ2n) is 31.1. The average molecular weight is 1490 g/mol. The van der Waals surface area contributed by atoms with Crippen LogP contribution >= 0.6 is 0 Å². The molecule has 0 aliphatic rings. The molecule has 6 aromatic carbocycles. The summed E-state index contributed by atoms with van der Waals surface area (Å²) in [5.74, 6) is -9.53. The summed E-state index contributed by atoms with van der Waals surface area (Å²) >= 11 is 0. The van der Waals surface area contributed by atoms with Crippen LogP contribution in [0.25, 0.3) is 0 Å². The first-order valence-electron chi connectivity index (χ1n) is 37.8. The van der Waals surface area contributed by atoms with Gasteiger partial charge in [0.1, 0.15) is 59.0 Å². The highest BCUT2D eigenvalue weighted by Gasteiger charge is 2.50. The zero-order valence-corrected chi connectivity index (χ0v) is 66.6. The summed E-state index contributed by atoms with van der Waals surface area (Å²) in [6, 6.07) is 47.6. The lowest BCUT2D eigenvalue weighted by Gasteiger charge is -2.43. The number of carbonyl (C=O) groups excluding carboxylic acids is 8. The summed E-state index contributed by atoms with van der Waals surface area (Å²) < 4.78 is 19.4. The van der Waals surface area contributed by atoms with Crippen molar-refractivity contribution in [3.8, 4) is 5.75 Å². The third kappa shape index (κ3) is 23.8. The van der Waals surface area contributed by atoms with Crippen molar-refractivity contribution in [2.45, 2.75) is 220 Å². The first-order chi connectivity index (χ1) is 50.6. The van der Waals surface area contributed by atoms with E-state index in [1.54, 1.807) is 65.8 Å². The number of esters is 1. The summed E-state index contributed by atoms with van der Waals surface area (Å²) in [5, 5.41) is 26.7. The van der Waals surface area contributed by atoms with Gasteiger partial charge in [-0.15, -0.1) is 0 Å². The van der Waals surface area contributed by atoms with E-state index in [-0.39, 0.29) is 55.3 Å². The fraction of sp³-hybridized carbons (Fsp3) is 0.477. The Morgan fingerprint density at radius 1 is 0.561 bits per heavy atom. The molecule has 0 aliphatic carbocycles. The Labute approximate surface area is 635 Å². The van der Waals surface area contributed by atoms with Crippen LogP contribution in [0.15, 0.2) is 176 Å². The third-order valence-corrected chi connectivity index (χ3v) is 25.0. The summed E-state index contributed by atoms with van der Waals surface area (Å²) in [5.41, 5.74) is 7.84. The first-order valence-corrected chi connectivity index (χ1v) is 39.7. The lowest BCUT2D eigenvalue weighted by atomic mass is 9.76. The zero-order valence-electron chi connectivity index (χ0n) is 65.6. The van der Waals surface area contributed by atoms with Gasteiger partial charge in [0.25, 0.3) is 8.32 Å². The molecule has 0 saturated heterocycles. The monoisotopic (exact) mass is 1480 g/mol. The number of carboxylic acids is 1. The van der Waals surface area contributed by atoms with Crippen LogP contribution in [-0.4, -0.2) is 133 Å². The van der Waals surface area contributed by atoms with Crippen LogP contribution in [0, 0.1) is 29.6 Å². The van der Waals surface area contributed by atoms with E-state index in [0.29, 0.717) is 37.2 Å². The summed E-state index contributed by atoms with van der Waals surface area (Å²) in [7, 11) is -1.44. The quantitative estimate of drug-likeness (QED) is 0.00815. The van der Waals surface area contributed by atoms with Crippen molar-refractivity contribution in [2.24, 2.45) is 35.3 Å². The number of nitrogens with one attached hydrogen (secondary N) is 5. The maximum absolute atomic E-state index is 15.4. The predicted molar refractivity (Wildman–Crippen MR) is 422 cm³/mol. The molecular weight excluding hydrogens is 1370 g/mol. The number of carboxylic acid groups (broad SMARTS) is 1. The Morgan fingerprint density at radius 3 is 1.48 bits per heavy atom. The van der Waals surface area contributed by atoms with E-state index in [1.807, 2.05) is 162 Å². The molecule has 21 heteroatoms. The number of nitrogens with zero attached hydrogens (tertiary/aromatic N) is 1. The van der Waals surface area contributed by atoms with E-state index in [1.165, 1.54) is 18.9 Å². The number of carbonyl (C=O) groups is 9. The second kappa shape index (κ2) is 40.0. The Hall–Kier alpha value is -9.31. The first kappa shape index (κ1) is 86.6. The summed E-state index contributed by atoms with van der Waals surface area (Å²) in [6.07, 6.45) is -1.07. The lowest BCUT2D eigenvalue weighted by Crippen LogP contribution is -2.66. The molecule has 8 N–H and O–H groups in total. The Bertz CT molecular complexity index is 3720. The molecule has 0 aromatic heterocycles. The molecule has 578 valence electrons. The number of hydrogen-bond donors (Lipinski definition) is 7. The molecule has 10 atom stereocenters. The normalized spacial score (nSPS) is 14.8. The van der Waals surface area contributed by atoms with E-state index in [9.17, 15) is 29.1 Å². The highest BCUT2D eigenvalue weighted by atomic mass is 28.4. The van der Waals surface area contributed by atoms with Crippen molar-refractivity contribution in [1.82, 2.24) is 31.5 Å². The molecule has 0 unspecified atom stereocenters. The molecule has 0 spiro atoms. The van der Waals surface area contributed by atoms with Crippen LogP contribution in [-0.2, 0) is 64.3 Å². The molecule has 0 bridgehead atoms. The zero-order chi connectivity index (χ0) is 79.0. The van der Waals surface area contributed by atoms with E-state index < -0.39 is 133 Å². The molecule has 0 aliphatic heterocycles. The van der Waals surface area contributed by atoms with Crippen molar-refractivity contribution in [2.75, 3.05) is 13.7 Å². The van der Waals surface area contributed by atoms with Crippen molar-refractivity contribution in [3.63, 3.8) is 0 Å². The number of benzene rings is 6. The molecule has 6 aromatic rings. The molecule has 6 rings (SSSR count). The smallest absolute Gasteiger partial charge is 0.329 e. The molecule has 107 heavy (non-hydrogen) atoms. The number of nitrogens with two attached hydrogens (primary N) is 1. The SMILES string of the molecule is CC[C@H](C)[C@H](NC(=O)[C@H](Cc1ccc(OC(C)(C)C)cc1)N(C)C(=O)[C@@H](NC(=O)[C@@H](N)CCCO[Si](c1ccccc1)(c1ccccc1)C(C)(C)C)[C@@H](C)CC)C(=O)O[C@H](C)[C@H](NC(=O)[C@H](CCC(=O)NC(c1ccccc1)(c1ccccc1)c1ccccc1)CC(=O)C(C)C)C(=O)N[C@@H](CC(C)C)C(=O)O. The van der Waals surface area contributed by atoms with Crippen LogP contribution in [0.3, 0.4) is 0 Å². The van der Waals surface area contributed by atoms with Gasteiger partial charge in [-0.05, 0) is 121 Å². The standard InChI is InChI=1S/C86H117N7O13Si/c1-17-58(7)74(89-78(97)69(87)45-34-52-104-107(85(13,14)15,67-41-30-22-31-42-67)68-43-32-23-33-44-68)81(100)93(16)71(54-61-46-49-66(50-47-61)106-84(10,11)12)79(98)90-75(59(8)18-2)83(103)105-60(9)76(80(99)88-70(82(101)102)53-56(3)4)91-77(96)62(55-72(94)57(5)6)48-51-73(95)92-86(63-35-24-19-25-36-63,64-37-26-20-27-38-64)65-39-28-21-29-40-65/h19-33,35-44,46-47,49-50,56-60,62,69-71,74-76H,17-18,34,45,48,51-55,87H2,1-16H3,(H,88,99)(H,89,97)(H,90,98)(H,91,96)(H,92,95)(H,101,102)/t58-,59-,60+,62+,69-,70-,71-,74-,75-,76-/m0/s1. The highest BCUT2D eigenvalue weighted by Crippen LogP contribution is 2.39. The lowest BCUT2D eigenvalue weighted by molar-refractivity contribution is -0.158. The van der Waals surface area contributed by atoms with Gasteiger partial charge in [-0.2, -0.15) is 0 Å². The van der Waals surface area contributed by atoms with E-state index in [2.05, 4.69) is 71.6 Å². The Balaban J connectivity index is 1.29.